The summed E-state index contributed by atoms with van der Waals surface area (Å²) in [5, 5.41) is 12.8. The first-order chi connectivity index (χ1) is 12.8. The molecule has 6 nitrogen and oxygen atoms in total. The van der Waals surface area contributed by atoms with Gasteiger partial charge in [0.2, 0.25) is 5.95 Å². The van der Waals surface area contributed by atoms with Gasteiger partial charge in [-0.15, -0.1) is 5.10 Å². The van der Waals surface area contributed by atoms with Crippen molar-refractivity contribution in [2.75, 3.05) is 18.8 Å². The first kappa shape index (κ1) is 19.5. The van der Waals surface area contributed by atoms with Crippen LogP contribution in [0, 0.1) is 17.5 Å². The molecule has 27 heavy (non-hydrogen) atoms. The Kier molecular flexibility index (Phi) is 5.88. The molecule has 0 amide bonds. The molecule has 0 bridgehead atoms. The van der Waals surface area contributed by atoms with Gasteiger partial charge in [-0.2, -0.15) is 0 Å². The summed E-state index contributed by atoms with van der Waals surface area (Å²) in [4.78, 5) is 3.65. The van der Waals surface area contributed by atoms with Crippen LogP contribution >= 0.6 is 12.8 Å². The van der Waals surface area contributed by atoms with Gasteiger partial charge in [-0.05, 0) is 31.0 Å². The van der Waals surface area contributed by atoms with E-state index >= 15 is 0 Å². The fourth-order valence-corrected chi connectivity index (χ4v) is 3.12. The summed E-state index contributed by atoms with van der Waals surface area (Å²) in [5.74, 6) is -2.05. The fourth-order valence-electron chi connectivity index (χ4n) is 2.79. The van der Waals surface area contributed by atoms with Gasteiger partial charge in [-0.3, -0.25) is 4.31 Å². The number of thiol groups is 1. The van der Waals surface area contributed by atoms with Crippen molar-refractivity contribution < 1.29 is 18.3 Å². The van der Waals surface area contributed by atoms with Crippen LogP contribution in [0.3, 0.4) is 0 Å². The van der Waals surface area contributed by atoms with E-state index in [1.807, 2.05) is 4.31 Å². The number of rotatable bonds is 1. The Hall–Kier alpha value is -2.30. The van der Waals surface area contributed by atoms with E-state index in [-0.39, 0.29) is 28.8 Å². The predicted octanol–water partition coefficient (Wildman–Crippen LogP) is 2.68. The highest BCUT2D eigenvalue weighted by Crippen LogP contribution is 2.27. The van der Waals surface area contributed by atoms with Crippen LogP contribution in [0.15, 0.2) is 30.5 Å². The lowest BCUT2D eigenvalue weighted by Gasteiger charge is -2.24. The molecule has 0 saturated carbocycles. The number of nitrogens with two attached hydrogens (primary N) is 1. The van der Waals surface area contributed by atoms with Crippen molar-refractivity contribution in [3.05, 3.63) is 47.9 Å². The number of nitrogen functional groups attached to an aromatic ring is 1. The number of β-amino-alcohol motifs (C(OH)–C–C–N with tert-alkyl or cyclic N) is 1. The Morgan fingerprint density at radius 2 is 1.96 bits per heavy atom. The van der Waals surface area contributed by atoms with Crippen LogP contribution in [0.1, 0.15) is 12.8 Å². The maximum atomic E-state index is 13.7. The lowest BCUT2D eigenvalue weighted by Crippen LogP contribution is -2.31. The van der Waals surface area contributed by atoms with Gasteiger partial charge in [0, 0.05) is 24.7 Å². The van der Waals surface area contributed by atoms with Gasteiger partial charge in [-0.25, -0.2) is 22.7 Å². The number of hydrogen-bond donors (Lipinski definition) is 3. The van der Waals surface area contributed by atoms with Crippen molar-refractivity contribution >= 4 is 24.3 Å². The Morgan fingerprint density at radius 3 is 2.63 bits per heavy atom. The van der Waals surface area contributed by atoms with E-state index in [1.165, 1.54) is 6.20 Å². The summed E-state index contributed by atoms with van der Waals surface area (Å²) in [6.07, 6.45) is 3.06. The minimum absolute atomic E-state index is 0.0351. The molecule has 1 saturated heterocycles. The van der Waals surface area contributed by atoms with Crippen LogP contribution in [-0.4, -0.2) is 43.2 Å². The van der Waals surface area contributed by atoms with Crippen molar-refractivity contribution in [1.82, 2.24) is 18.9 Å². The molecule has 10 heteroatoms. The van der Waals surface area contributed by atoms with Crippen molar-refractivity contribution in [1.29, 1.82) is 0 Å². The molecule has 1 unspecified atom stereocenters. The molecule has 2 aromatic heterocycles. The number of piperidine rings is 1. The smallest absolute Gasteiger partial charge is 0.238 e. The standard InChI is InChI=1S/C12H7F3N4.C5H11NOS/c13-6-1-2-8(14)7(3-6)10-4-9(15)11-5-17-12(16)18-19(10)11;7-5-2-1-3-6(8)4-5/h1-5H,(H2,16,18);5,7-8H,1-4H2. The van der Waals surface area contributed by atoms with Crippen molar-refractivity contribution in [2.24, 2.45) is 0 Å². The highest BCUT2D eigenvalue weighted by Gasteiger charge is 2.16. The van der Waals surface area contributed by atoms with E-state index in [1.54, 1.807) is 0 Å². The number of nitrogens with zero attached hydrogens (tertiary/aromatic N) is 4. The van der Waals surface area contributed by atoms with Gasteiger partial charge in [0.25, 0.3) is 0 Å². The molecule has 1 atom stereocenters. The lowest BCUT2D eigenvalue weighted by atomic mass is 10.1. The number of benzene rings is 1. The topological polar surface area (TPSA) is 79.7 Å². The van der Waals surface area contributed by atoms with E-state index in [2.05, 4.69) is 22.9 Å². The Morgan fingerprint density at radius 1 is 1.19 bits per heavy atom. The van der Waals surface area contributed by atoms with Crippen molar-refractivity contribution in [2.45, 2.75) is 18.9 Å². The highest BCUT2D eigenvalue weighted by molar-refractivity contribution is 7.77. The second-order valence-corrected chi connectivity index (χ2v) is 6.69. The zero-order valence-corrected chi connectivity index (χ0v) is 15.1. The minimum atomic E-state index is -0.682. The average molecular weight is 397 g/mol. The molecule has 3 N–H and O–H groups in total. The molecule has 1 fully saturated rings. The number of aliphatic hydroxyl groups is 1. The third kappa shape index (κ3) is 4.52. The van der Waals surface area contributed by atoms with Gasteiger partial charge >= 0.3 is 0 Å². The summed E-state index contributed by atoms with van der Waals surface area (Å²) >= 11 is 4.09. The van der Waals surface area contributed by atoms with Crippen molar-refractivity contribution in [3.63, 3.8) is 0 Å². The summed E-state index contributed by atoms with van der Waals surface area (Å²) in [6.45, 7) is 1.74. The molecule has 0 radical (unpaired) electrons. The Labute approximate surface area is 159 Å². The van der Waals surface area contributed by atoms with Crippen LogP contribution in [0.25, 0.3) is 16.8 Å². The third-order valence-electron chi connectivity index (χ3n) is 4.07. The maximum Gasteiger partial charge on any atom is 0.238 e. The quantitative estimate of drug-likeness (QED) is 0.550. The first-order valence-corrected chi connectivity index (χ1v) is 8.62. The second-order valence-electron chi connectivity index (χ2n) is 6.12. The number of anilines is 1. The summed E-state index contributed by atoms with van der Waals surface area (Å²) in [7, 11) is 0. The van der Waals surface area contributed by atoms with E-state index in [0.29, 0.717) is 0 Å². The molecule has 0 spiro atoms. The first-order valence-electron chi connectivity index (χ1n) is 8.22. The number of fused-ring (bicyclic) bond motifs is 1. The van der Waals surface area contributed by atoms with E-state index in [9.17, 15) is 13.2 Å². The van der Waals surface area contributed by atoms with Crippen LogP contribution in [0.5, 0.6) is 0 Å². The van der Waals surface area contributed by atoms with E-state index in [4.69, 9.17) is 10.8 Å². The van der Waals surface area contributed by atoms with Crippen LogP contribution < -0.4 is 5.73 Å². The largest absolute Gasteiger partial charge is 0.392 e. The summed E-state index contributed by atoms with van der Waals surface area (Å²) in [6, 6.07) is 3.97. The SMILES string of the molecule is Nc1ncc2c(F)cc(-c3cc(F)ccc3F)n2n1.OC1CCCN(S)C1. The molecule has 4 rings (SSSR count). The Balaban J connectivity index is 0.000000221. The van der Waals surface area contributed by atoms with Crippen LogP contribution in [0.4, 0.5) is 19.1 Å². The number of hydrogen-bond acceptors (Lipinski definition) is 6. The molecule has 1 aromatic carbocycles. The third-order valence-corrected chi connectivity index (χ3v) is 4.43. The average Bonchev–Trinajstić information content (AvgIpc) is 2.93. The number of aliphatic hydroxyl groups excluding tert-OH is 1. The molecule has 0 aliphatic carbocycles. The zero-order valence-electron chi connectivity index (χ0n) is 14.2. The Bertz CT molecular complexity index is 944. The number of aromatic nitrogens is 3. The van der Waals surface area contributed by atoms with Gasteiger partial charge in [0.15, 0.2) is 5.82 Å². The van der Waals surface area contributed by atoms with Crippen LogP contribution in [0.2, 0.25) is 0 Å². The zero-order chi connectivity index (χ0) is 19.6. The predicted molar refractivity (Wildman–Crippen MR) is 98.5 cm³/mol. The molecule has 1 aliphatic heterocycles. The molecule has 3 heterocycles. The maximum absolute atomic E-state index is 13.7. The summed E-state index contributed by atoms with van der Waals surface area (Å²) in [5.41, 5.74) is 5.42. The summed E-state index contributed by atoms with van der Waals surface area (Å²) < 4.78 is 43.6. The molecular formula is C17H18F3N5OS. The van der Waals surface area contributed by atoms with Gasteiger partial charge in [-0.1, -0.05) is 12.8 Å². The molecule has 144 valence electrons. The van der Waals surface area contributed by atoms with Gasteiger partial charge < -0.3 is 10.8 Å². The number of halogens is 3. The molecular weight excluding hydrogens is 379 g/mol. The van der Waals surface area contributed by atoms with E-state index < -0.39 is 17.5 Å². The lowest BCUT2D eigenvalue weighted by molar-refractivity contribution is 0.113. The van der Waals surface area contributed by atoms with Gasteiger partial charge in [0.1, 0.15) is 17.2 Å². The highest BCUT2D eigenvalue weighted by atomic mass is 32.1. The fraction of sp³-hybridized carbons (Fsp3) is 0.294. The monoisotopic (exact) mass is 397 g/mol. The normalized spacial score (nSPS) is 17.6. The molecule has 3 aromatic rings. The van der Waals surface area contributed by atoms with E-state index in [0.717, 1.165) is 54.7 Å². The minimum Gasteiger partial charge on any atom is -0.392 e. The second kappa shape index (κ2) is 8.15. The van der Waals surface area contributed by atoms with Crippen molar-refractivity contribution in [3.8, 4) is 11.3 Å². The molecule has 1 aliphatic rings. The van der Waals surface area contributed by atoms with Gasteiger partial charge in [0.05, 0.1) is 18.0 Å². The van der Waals surface area contributed by atoms with Crippen LogP contribution in [-0.2, 0) is 0 Å².